The van der Waals surface area contributed by atoms with Crippen LogP contribution in [-0.2, 0) is 9.53 Å². The third kappa shape index (κ3) is 5.68. The molecule has 0 aromatic carbocycles. The van der Waals surface area contributed by atoms with Crippen LogP contribution in [0.15, 0.2) is 11.6 Å². The van der Waals surface area contributed by atoms with Crippen molar-refractivity contribution < 1.29 is 9.53 Å². The molecule has 0 aromatic heterocycles. The number of carbonyl (C=O) groups excluding carboxylic acids is 1. The van der Waals surface area contributed by atoms with E-state index in [4.69, 9.17) is 4.74 Å². The average Bonchev–Trinajstić information content (AvgIpc) is 3.01. The van der Waals surface area contributed by atoms with Gasteiger partial charge in [0.05, 0.1) is 5.92 Å². The molecule has 0 aromatic rings. The molecule has 3 rings (SSSR count). The maximum Gasteiger partial charge on any atom is 0.311 e. The molecule has 2 fully saturated rings. The van der Waals surface area contributed by atoms with Gasteiger partial charge in [0.15, 0.2) is 0 Å². The highest BCUT2D eigenvalue weighted by molar-refractivity contribution is 5.76. The number of hydrogen-bond acceptors (Lipinski definition) is 4. The quantitative estimate of drug-likeness (QED) is 0.269. The van der Waals surface area contributed by atoms with Crippen LogP contribution in [-0.4, -0.2) is 49.7 Å². The molecule has 1 saturated carbocycles. The highest BCUT2D eigenvalue weighted by Gasteiger charge is 2.51. The number of rotatable bonds is 12. The van der Waals surface area contributed by atoms with Gasteiger partial charge in [0.1, 0.15) is 6.10 Å². The zero-order valence-electron chi connectivity index (χ0n) is 20.0. The van der Waals surface area contributed by atoms with E-state index in [1.165, 1.54) is 58.0 Å². The summed E-state index contributed by atoms with van der Waals surface area (Å²) in [6, 6.07) is 0. The second-order valence-electron chi connectivity index (χ2n) is 10.4. The van der Waals surface area contributed by atoms with Gasteiger partial charge in [-0.25, -0.2) is 0 Å². The van der Waals surface area contributed by atoms with E-state index in [0.29, 0.717) is 5.92 Å². The van der Waals surface area contributed by atoms with E-state index in [9.17, 15) is 4.79 Å². The number of carbonyl (C=O) groups is 1. The Bertz CT molecular complexity index is 582. The molecule has 1 aliphatic heterocycles. The fourth-order valence-corrected chi connectivity index (χ4v) is 6.07. The molecule has 1 heterocycles. The minimum atomic E-state index is -0.00235. The molecule has 3 aliphatic rings. The molecule has 2 aliphatic carbocycles. The summed E-state index contributed by atoms with van der Waals surface area (Å²) in [6.45, 7) is 14.7. The molecule has 0 amide bonds. The van der Waals surface area contributed by atoms with E-state index >= 15 is 0 Å². The first-order valence-electron chi connectivity index (χ1n) is 12.8. The maximum absolute atomic E-state index is 12.6. The first kappa shape index (κ1) is 23.8. The Morgan fingerprint density at radius 2 is 1.87 bits per heavy atom. The van der Waals surface area contributed by atoms with Crippen molar-refractivity contribution in [2.45, 2.75) is 91.6 Å². The van der Waals surface area contributed by atoms with Crippen LogP contribution in [0.25, 0.3) is 0 Å². The highest BCUT2D eigenvalue weighted by atomic mass is 16.6. The van der Waals surface area contributed by atoms with Gasteiger partial charge in [-0.15, -0.1) is 0 Å². The smallest absolute Gasteiger partial charge is 0.311 e. The molecule has 1 N–H and O–H groups in total. The zero-order valence-corrected chi connectivity index (χ0v) is 20.0. The molecule has 0 unspecified atom stereocenters. The van der Waals surface area contributed by atoms with Gasteiger partial charge in [-0.3, -0.25) is 4.79 Å². The largest absolute Gasteiger partial charge is 0.461 e. The standard InChI is InChI=1S/C26H46N2O2/c1-5-7-14-28(15-8-6-2)16-10-13-27-19-22-21-17-23-20(3)11-9-12-26(23,4)18-24(21)30-25(22)29/h17,20-22,24,27H,5-16,18-19H2,1-4H3/t20-,21+,22-,24+,26-/m1/s1. The first-order valence-corrected chi connectivity index (χ1v) is 12.8. The Labute approximate surface area is 185 Å². The molecule has 30 heavy (non-hydrogen) atoms. The lowest BCUT2D eigenvalue weighted by Crippen LogP contribution is -2.40. The predicted octanol–water partition coefficient (Wildman–Crippen LogP) is 5.18. The second-order valence-corrected chi connectivity index (χ2v) is 10.4. The third-order valence-electron chi connectivity index (χ3n) is 7.93. The van der Waals surface area contributed by atoms with Gasteiger partial charge in [0.2, 0.25) is 0 Å². The van der Waals surface area contributed by atoms with Crippen molar-refractivity contribution in [2.24, 2.45) is 23.2 Å². The Kier molecular flexibility index (Phi) is 8.82. The summed E-state index contributed by atoms with van der Waals surface area (Å²) in [6.07, 6.45) is 13.7. The summed E-state index contributed by atoms with van der Waals surface area (Å²) in [7, 11) is 0. The summed E-state index contributed by atoms with van der Waals surface area (Å²) < 4.78 is 5.88. The summed E-state index contributed by atoms with van der Waals surface area (Å²) in [5, 5.41) is 3.59. The number of esters is 1. The third-order valence-corrected chi connectivity index (χ3v) is 7.93. The fourth-order valence-electron chi connectivity index (χ4n) is 6.07. The van der Waals surface area contributed by atoms with Crippen LogP contribution >= 0.6 is 0 Å². The lowest BCUT2D eigenvalue weighted by molar-refractivity contribution is -0.145. The van der Waals surface area contributed by atoms with E-state index < -0.39 is 0 Å². The zero-order chi connectivity index (χ0) is 21.6. The van der Waals surface area contributed by atoms with Crippen LogP contribution in [0.5, 0.6) is 0 Å². The number of nitrogens with zero attached hydrogens (tertiary/aromatic N) is 1. The molecule has 0 spiro atoms. The lowest BCUT2D eigenvalue weighted by Gasteiger charge is -2.46. The van der Waals surface area contributed by atoms with Crippen LogP contribution < -0.4 is 5.32 Å². The maximum atomic E-state index is 12.6. The number of ether oxygens (including phenoxy) is 1. The Balaban J connectivity index is 1.48. The molecule has 4 heteroatoms. The molecule has 172 valence electrons. The fraction of sp³-hybridized carbons (Fsp3) is 0.885. The summed E-state index contributed by atoms with van der Waals surface area (Å²) in [5.41, 5.74) is 1.86. The second kappa shape index (κ2) is 11.1. The minimum absolute atomic E-state index is 0.00235. The number of allylic oxidation sites excluding steroid dienone is 1. The molecule has 0 radical (unpaired) electrons. The number of nitrogens with one attached hydrogen (secondary N) is 1. The first-order chi connectivity index (χ1) is 14.5. The van der Waals surface area contributed by atoms with Gasteiger partial charge in [0, 0.05) is 12.5 Å². The molecule has 1 saturated heterocycles. The molecule has 0 bridgehead atoms. The summed E-state index contributed by atoms with van der Waals surface area (Å²) in [4.78, 5) is 15.3. The van der Waals surface area contributed by atoms with E-state index in [2.05, 4.69) is 44.0 Å². The predicted molar refractivity (Wildman–Crippen MR) is 124 cm³/mol. The van der Waals surface area contributed by atoms with Crippen LogP contribution in [0, 0.1) is 23.2 Å². The van der Waals surface area contributed by atoms with Gasteiger partial charge in [-0.2, -0.15) is 0 Å². The summed E-state index contributed by atoms with van der Waals surface area (Å²) in [5.74, 6) is 0.958. The topological polar surface area (TPSA) is 41.6 Å². The SMILES string of the molecule is CCCCN(CCCC)CCCNC[C@H]1C(=O)O[C@H]2C[C@@]3(C)CCC[C@@H](C)C3=C[C@H]21. The van der Waals surface area contributed by atoms with Crippen molar-refractivity contribution in [1.29, 1.82) is 0 Å². The van der Waals surface area contributed by atoms with Crippen LogP contribution in [0.4, 0.5) is 0 Å². The average molecular weight is 419 g/mol. The van der Waals surface area contributed by atoms with Gasteiger partial charge >= 0.3 is 5.97 Å². The van der Waals surface area contributed by atoms with Crippen molar-refractivity contribution in [2.75, 3.05) is 32.7 Å². The van der Waals surface area contributed by atoms with Crippen LogP contribution in [0.2, 0.25) is 0 Å². The van der Waals surface area contributed by atoms with Crippen molar-refractivity contribution in [3.63, 3.8) is 0 Å². The van der Waals surface area contributed by atoms with Crippen molar-refractivity contribution in [3.05, 3.63) is 11.6 Å². The number of hydrogen-bond donors (Lipinski definition) is 1. The number of unbranched alkanes of at least 4 members (excludes halogenated alkanes) is 2. The van der Waals surface area contributed by atoms with E-state index in [1.54, 1.807) is 5.57 Å². The van der Waals surface area contributed by atoms with E-state index in [0.717, 1.165) is 32.5 Å². The van der Waals surface area contributed by atoms with Crippen LogP contribution in [0.1, 0.15) is 85.5 Å². The molecular weight excluding hydrogens is 372 g/mol. The Morgan fingerprint density at radius 3 is 2.57 bits per heavy atom. The van der Waals surface area contributed by atoms with Crippen molar-refractivity contribution in [3.8, 4) is 0 Å². The lowest BCUT2D eigenvalue weighted by atomic mass is 9.59. The highest BCUT2D eigenvalue weighted by Crippen LogP contribution is 2.53. The number of fused-ring (bicyclic) bond motifs is 2. The Morgan fingerprint density at radius 1 is 1.17 bits per heavy atom. The minimum Gasteiger partial charge on any atom is -0.461 e. The molecular formula is C26H46N2O2. The normalized spacial score (nSPS) is 33.2. The van der Waals surface area contributed by atoms with Gasteiger partial charge in [-0.1, -0.05) is 58.6 Å². The monoisotopic (exact) mass is 418 g/mol. The van der Waals surface area contributed by atoms with E-state index in [1.807, 2.05) is 0 Å². The van der Waals surface area contributed by atoms with E-state index in [-0.39, 0.29) is 29.3 Å². The molecule has 5 atom stereocenters. The van der Waals surface area contributed by atoms with Crippen LogP contribution in [0.3, 0.4) is 0 Å². The van der Waals surface area contributed by atoms with Crippen molar-refractivity contribution >= 4 is 5.97 Å². The Hall–Kier alpha value is -0.870. The van der Waals surface area contributed by atoms with Gasteiger partial charge in [0.25, 0.3) is 0 Å². The van der Waals surface area contributed by atoms with Gasteiger partial charge in [-0.05, 0) is 76.0 Å². The van der Waals surface area contributed by atoms with Gasteiger partial charge < -0.3 is 15.0 Å². The van der Waals surface area contributed by atoms with Crippen molar-refractivity contribution in [1.82, 2.24) is 10.2 Å². The molecule has 4 nitrogen and oxygen atoms in total. The summed E-state index contributed by atoms with van der Waals surface area (Å²) >= 11 is 0.